The molecular formula is C20H19F3N2O3. The molecule has 5 nitrogen and oxygen atoms in total. The maximum atomic E-state index is 13.2. The van der Waals surface area contributed by atoms with E-state index in [1.54, 1.807) is 18.3 Å². The highest BCUT2D eigenvalue weighted by Gasteiger charge is 2.33. The number of furan rings is 1. The summed E-state index contributed by atoms with van der Waals surface area (Å²) in [6, 6.07) is 6.33. The molecule has 0 aliphatic rings. The number of ether oxygens (including phenoxy) is 1. The first-order valence-corrected chi connectivity index (χ1v) is 8.69. The number of unbranched alkanes of at least 4 members (excludes halogenated alkanes) is 1. The molecular weight excluding hydrogens is 373 g/mol. The Labute approximate surface area is 159 Å². The standard InChI is InChI=1S/C20H19F3N2O3/c1-2-3-9-27-15-7-6-13(20(21,22)23)10-14(15)16-17(26)18(28-19(16)24)12-5-4-8-25-11-12/h4-8,10-11,26H,2-3,9,24H2,1H3. The fourth-order valence-electron chi connectivity index (χ4n) is 2.75. The second-order valence-electron chi connectivity index (χ2n) is 6.17. The zero-order chi connectivity index (χ0) is 20.3. The van der Waals surface area contributed by atoms with Crippen LogP contribution in [0, 0.1) is 0 Å². The van der Waals surface area contributed by atoms with Gasteiger partial charge in [0.15, 0.2) is 11.5 Å². The number of hydrogen-bond donors (Lipinski definition) is 2. The first-order chi connectivity index (χ1) is 13.3. The van der Waals surface area contributed by atoms with Gasteiger partial charge in [-0.25, -0.2) is 0 Å². The summed E-state index contributed by atoms with van der Waals surface area (Å²) in [6.45, 7) is 2.29. The van der Waals surface area contributed by atoms with Gasteiger partial charge in [0, 0.05) is 23.5 Å². The number of rotatable bonds is 6. The minimum atomic E-state index is -4.56. The van der Waals surface area contributed by atoms with Gasteiger partial charge >= 0.3 is 6.18 Å². The summed E-state index contributed by atoms with van der Waals surface area (Å²) >= 11 is 0. The Morgan fingerprint density at radius 3 is 2.68 bits per heavy atom. The molecule has 8 heteroatoms. The minimum Gasteiger partial charge on any atom is -0.504 e. The van der Waals surface area contributed by atoms with Gasteiger partial charge in [0.2, 0.25) is 5.88 Å². The van der Waals surface area contributed by atoms with Crippen LogP contribution in [0.25, 0.3) is 22.5 Å². The van der Waals surface area contributed by atoms with Crippen molar-refractivity contribution in [3.05, 3.63) is 48.3 Å². The highest BCUT2D eigenvalue weighted by atomic mass is 19.4. The number of nitrogens with two attached hydrogens (primary N) is 1. The Hall–Kier alpha value is -3.16. The van der Waals surface area contributed by atoms with E-state index in [9.17, 15) is 18.3 Å². The summed E-state index contributed by atoms with van der Waals surface area (Å²) in [4.78, 5) is 3.94. The molecule has 0 radical (unpaired) electrons. The lowest BCUT2D eigenvalue weighted by Crippen LogP contribution is -2.06. The highest BCUT2D eigenvalue weighted by molar-refractivity contribution is 5.89. The van der Waals surface area contributed by atoms with Gasteiger partial charge in [-0.1, -0.05) is 13.3 Å². The van der Waals surface area contributed by atoms with E-state index in [1.807, 2.05) is 6.92 Å². The average Bonchev–Trinajstić information content (AvgIpc) is 2.96. The van der Waals surface area contributed by atoms with Crippen LogP contribution in [0.2, 0.25) is 0 Å². The van der Waals surface area contributed by atoms with Crippen LogP contribution in [0.3, 0.4) is 0 Å². The van der Waals surface area contributed by atoms with Crippen molar-refractivity contribution in [2.45, 2.75) is 25.9 Å². The van der Waals surface area contributed by atoms with Crippen molar-refractivity contribution in [2.24, 2.45) is 0 Å². The van der Waals surface area contributed by atoms with Crippen LogP contribution in [0.1, 0.15) is 25.3 Å². The van der Waals surface area contributed by atoms with E-state index in [-0.39, 0.29) is 34.3 Å². The zero-order valence-corrected chi connectivity index (χ0v) is 15.1. The molecule has 0 amide bonds. The van der Waals surface area contributed by atoms with E-state index >= 15 is 0 Å². The fourth-order valence-corrected chi connectivity index (χ4v) is 2.75. The number of aromatic hydroxyl groups is 1. The Morgan fingerprint density at radius 2 is 2.04 bits per heavy atom. The van der Waals surface area contributed by atoms with Crippen molar-refractivity contribution >= 4 is 5.88 Å². The Morgan fingerprint density at radius 1 is 1.25 bits per heavy atom. The Balaban J connectivity index is 2.14. The molecule has 0 spiro atoms. The van der Waals surface area contributed by atoms with Crippen LogP contribution < -0.4 is 10.5 Å². The monoisotopic (exact) mass is 392 g/mol. The third kappa shape index (κ3) is 3.90. The van der Waals surface area contributed by atoms with Crippen molar-refractivity contribution in [1.29, 1.82) is 0 Å². The number of anilines is 1. The van der Waals surface area contributed by atoms with Gasteiger partial charge in [0.05, 0.1) is 17.7 Å². The number of nitrogen functional groups attached to an aromatic ring is 1. The molecule has 2 aromatic heterocycles. The van der Waals surface area contributed by atoms with Crippen LogP contribution in [0.15, 0.2) is 47.1 Å². The van der Waals surface area contributed by atoms with Gasteiger partial charge in [-0.15, -0.1) is 0 Å². The number of benzene rings is 1. The van der Waals surface area contributed by atoms with Crippen molar-refractivity contribution in [3.63, 3.8) is 0 Å². The average molecular weight is 392 g/mol. The SMILES string of the molecule is CCCCOc1ccc(C(F)(F)F)cc1-c1c(N)oc(-c2cccnc2)c1O. The number of hydrogen-bond acceptors (Lipinski definition) is 5. The van der Waals surface area contributed by atoms with Crippen molar-refractivity contribution in [2.75, 3.05) is 12.3 Å². The van der Waals surface area contributed by atoms with Crippen molar-refractivity contribution in [1.82, 2.24) is 4.98 Å². The number of halogens is 3. The molecule has 0 unspecified atom stereocenters. The number of nitrogens with zero attached hydrogens (tertiary/aromatic N) is 1. The summed E-state index contributed by atoms with van der Waals surface area (Å²) in [7, 11) is 0. The molecule has 0 fully saturated rings. The zero-order valence-electron chi connectivity index (χ0n) is 15.1. The van der Waals surface area contributed by atoms with Gasteiger partial charge in [-0.05, 0) is 36.8 Å². The summed E-state index contributed by atoms with van der Waals surface area (Å²) in [5.74, 6) is -0.374. The first kappa shape index (κ1) is 19.6. The number of alkyl halides is 3. The van der Waals surface area contributed by atoms with E-state index in [0.717, 1.165) is 25.0 Å². The van der Waals surface area contributed by atoms with Gasteiger partial charge in [0.25, 0.3) is 0 Å². The summed E-state index contributed by atoms with van der Waals surface area (Å²) in [5.41, 5.74) is 5.44. The molecule has 0 saturated heterocycles. The Bertz CT molecular complexity index is 953. The van der Waals surface area contributed by atoms with Gasteiger partial charge in [-0.3, -0.25) is 4.98 Å². The molecule has 1 aromatic carbocycles. The molecule has 2 heterocycles. The van der Waals surface area contributed by atoms with Crippen molar-refractivity contribution in [3.8, 4) is 33.9 Å². The molecule has 3 aromatic rings. The lowest BCUT2D eigenvalue weighted by Gasteiger charge is -2.14. The summed E-state index contributed by atoms with van der Waals surface area (Å²) in [5, 5.41) is 10.7. The van der Waals surface area contributed by atoms with E-state index in [4.69, 9.17) is 14.9 Å². The molecule has 0 saturated carbocycles. The fraction of sp³-hybridized carbons (Fsp3) is 0.250. The van der Waals surface area contributed by atoms with E-state index in [1.165, 1.54) is 12.3 Å². The largest absolute Gasteiger partial charge is 0.504 e. The second-order valence-corrected chi connectivity index (χ2v) is 6.17. The summed E-state index contributed by atoms with van der Waals surface area (Å²) in [6.07, 6.45) is 0.0261. The predicted molar refractivity (Wildman–Crippen MR) is 98.9 cm³/mol. The highest BCUT2D eigenvalue weighted by Crippen LogP contribution is 2.48. The third-order valence-corrected chi connectivity index (χ3v) is 4.17. The first-order valence-electron chi connectivity index (χ1n) is 8.69. The Kier molecular flexibility index (Phi) is 5.48. The van der Waals surface area contributed by atoms with Crippen LogP contribution in [-0.4, -0.2) is 16.7 Å². The maximum Gasteiger partial charge on any atom is 0.416 e. The normalized spacial score (nSPS) is 11.6. The second kappa shape index (κ2) is 7.84. The summed E-state index contributed by atoms with van der Waals surface area (Å²) < 4.78 is 50.8. The molecule has 0 aliphatic heterocycles. The third-order valence-electron chi connectivity index (χ3n) is 4.17. The van der Waals surface area contributed by atoms with Gasteiger partial charge in [0.1, 0.15) is 5.75 Å². The predicted octanol–water partition coefficient (Wildman–Crippen LogP) is 5.49. The lowest BCUT2D eigenvalue weighted by molar-refractivity contribution is -0.137. The van der Waals surface area contributed by atoms with Crippen LogP contribution in [0.4, 0.5) is 19.1 Å². The molecule has 28 heavy (non-hydrogen) atoms. The van der Waals surface area contributed by atoms with Crippen LogP contribution in [-0.2, 0) is 6.18 Å². The molecule has 0 bridgehead atoms. The quantitative estimate of drug-likeness (QED) is 0.542. The molecule has 3 N–H and O–H groups in total. The van der Waals surface area contributed by atoms with Crippen molar-refractivity contribution < 1.29 is 27.4 Å². The molecule has 148 valence electrons. The number of aromatic nitrogens is 1. The molecule has 0 atom stereocenters. The molecule has 3 rings (SSSR count). The van der Waals surface area contributed by atoms with Crippen LogP contribution >= 0.6 is 0 Å². The van der Waals surface area contributed by atoms with E-state index < -0.39 is 11.7 Å². The topological polar surface area (TPSA) is 81.5 Å². The number of pyridine rings is 1. The minimum absolute atomic E-state index is 0.0137. The molecule has 0 aliphatic carbocycles. The van der Waals surface area contributed by atoms with E-state index in [0.29, 0.717) is 12.2 Å². The maximum absolute atomic E-state index is 13.2. The lowest BCUT2D eigenvalue weighted by atomic mass is 10.0. The van der Waals surface area contributed by atoms with E-state index in [2.05, 4.69) is 4.98 Å². The van der Waals surface area contributed by atoms with Crippen LogP contribution in [0.5, 0.6) is 11.5 Å². The smallest absolute Gasteiger partial charge is 0.416 e. The van der Waals surface area contributed by atoms with Gasteiger partial charge in [-0.2, -0.15) is 13.2 Å². The van der Waals surface area contributed by atoms with Gasteiger partial charge < -0.3 is 20.0 Å².